The second kappa shape index (κ2) is 5.21. The van der Waals surface area contributed by atoms with E-state index in [2.05, 4.69) is 56.1 Å². The van der Waals surface area contributed by atoms with E-state index in [0.29, 0.717) is 10.8 Å². The van der Waals surface area contributed by atoms with Gasteiger partial charge in [-0.25, -0.2) is 0 Å². The number of hydrogen-bond acceptors (Lipinski definition) is 2. The Morgan fingerprint density at radius 3 is 1.50 bits per heavy atom. The van der Waals surface area contributed by atoms with E-state index < -0.39 is 0 Å². The molecule has 0 aliphatic heterocycles. The van der Waals surface area contributed by atoms with E-state index in [4.69, 9.17) is 0 Å². The number of rotatable bonds is 1. The second-order valence-electron chi connectivity index (χ2n) is 8.46. The fourth-order valence-electron chi connectivity index (χ4n) is 5.59. The highest BCUT2D eigenvalue weighted by atomic mass is 79.9. The van der Waals surface area contributed by atoms with Gasteiger partial charge in [0.25, 0.3) is 11.1 Å². The van der Waals surface area contributed by atoms with E-state index >= 15 is 0 Å². The van der Waals surface area contributed by atoms with Gasteiger partial charge in [-0.3, -0.25) is 14.2 Å². The van der Waals surface area contributed by atoms with Crippen molar-refractivity contribution in [1.29, 1.82) is 0 Å². The van der Waals surface area contributed by atoms with Crippen LogP contribution < -0.4 is 11.1 Å². The Balaban J connectivity index is 2.03. The molecule has 0 N–H and O–H groups in total. The van der Waals surface area contributed by atoms with E-state index in [0.717, 1.165) is 41.3 Å². The standard InChI is InChI=1S/C25H13Br2NO2/c1-9(2)28-24(29)22-13-7-15(26)11-5-3-10-4-6-12-16(27)8-14(23(22)25(28)30)21-19(12)17(10)18(11)20(13)21/h3-9H,1-2H3. The zero-order chi connectivity index (χ0) is 20.6. The average Bonchev–Trinajstić information content (AvgIpc) is 3.19. The highest BCUT2D eigenvalue weighted by Crippen LogP contribution is 2.52. The van der Waals surface area contributed by atoms with Gasteiger partial charge in [-0.2, -0.15) is 0 Å². The number of aromatic nitrogens is 1. The molecule has 0 aliphatic rings. The van der Waals surface area contributed by atoms with Gasteiger partial charge in [-0.05, 0) is 79.8 Å². The Morgan fingerprint density at radius 2 is 1.07 bits per heavy atom. The van der Waals surface area contributed by atoms with Crippen LogP contribution in [0.2, 0.25) is 0 Å². The first-order valence-corrected chi connectivity index (χ1v) is 11.5. The van der Waals surface area contributed by atoms with Gasteiger partial charge in [0, 0.05) is 15.0 Å². The summed E-state index contributed by atoms with van der Waals surface area (Å²) in [5.74, 6) is 0. The zero-order valence-corrected chi connectivity index (χ0v) is 19.2. The summed E-state index contributed by atoms with van der Waals surface area (Å²) in [7, 11) is 0. The molecule has 0 unspecified atom stereocenters. The van der Waals surface area contributed by atoms with Crippen LogP contribution in [0.15, 0.2) is 54.9 Å². The fraction of sp³-hybridized carbons (Fsp3) is 0.120. The van der Waals surface area contributed by atoms with Crippen LogP contribution in [-0.4, -0.2) is 4.57 Å². The maximum absolute atomic E-state index is 13.5. The van der Waals surface area contributed by atoms with Crippen LogP contribution in [0, 0.1) is 0 Å². The molecule has 0 amide bonds. The highest BCUT2D eigenvalue weighted by molar-refractivity contribution is 9.11. The van der Waals surface area contributed by atoms with Crippen LogP contribution >= 0.6 is 31.9 Å². The summed E-state index contributed by atoms with van der Waals surface area (Å²) in [5, 5.41) is 12.0. The molecule has 3 nitrogen and oxygen atoms in total. The molecule has 7 aromatic rings. The molecule has 0 aliphatic carbocycles. The Hall–Kier alpha value is -2.50. The monoisotopic (exact) mass is 517 g/mol. The van der Waals surface area contributed by atoms with Gasteiger partial charge in [-0.15, -0.1) is 0 Å². The summed E-state index contributed by atoms with van der Waals surface area (Å²) in [6.45, 7) is 3.77. The topological polar surface area (TPSA) is 39.1 Å². The summed E-state index contributed by atoms with van der Waals surface area (Å²) in [6, 6.07) is 12.4. The molecular formula is C25H13Br2NO2. The van der Waals surface area contributed by atoms with Crippen LogP contribution in [0.25, 0.3) is 64.6 Å². The highest BCUT2D eigenvalue weighted by Gasteiger charge is 2.28. The summed E-state index contributed by atoms with van der Waals surface area (Å²) in [6.07, 6.45) is 0. The molecule has 1 aromatic heterocycles. The first kappa shape index (κ1) is 17.2. The van der Waals surface area contributed by atoms with E-state index in [-0.39, 0.29) is 17.2 Å². The van der Waals surface area contributed by atoms with Gasteiger partial charge in [0.05, 0.1) is 10.8 Å². The van der Waals surface area contributed by atoms with E-state index in [1.54, 1.807) is 0 Å². The summed E-state index contributed by atoms with van der Waals surface area (Å²) in [4.78, 5) is 26.9. The molecular weight excluding hydrogens is 506 g/mol. The Kier molecular flexibility index (Phi) is 2.99. The van der Waals surface area contributed by atoms with Crippen LogP contribution in [0.3, 0.4) is 0 Å². The minimum absolute atomic E-state index is 0.194. The van der Waals surface area contributed by atoms with Crippen molar-refractivity contribution in [2.24, 2.45) is 0 Å². The Morgan fingerprint density at radius 1 is 0.633 bits per heavy atom. The van der Waals surface area contributed by atoms with Gasteiger partial charge >= 0.3 is 0 Å². The molecule has 0 radical (unpaired) electrons. The van der Waals surface area contributed by atoms with Gasteiger partial charge in [-0.1, -0.05) is 56.1 Å². The van der Waals surface area contributed by atoms with Crippen LogP contribution in [0.5, 0.6) is 0 Å². The van der Waals surface area contributed by atoms with Gasteiger partial charge in [0.1, 0.15) is 0 Å². The van der Waals surface area contributed by atoms with Crippen LogP contribution in [0.1, 0.15) is 19.9 Å². The number of benzene rings is 5. The van der Waals surface area contributed by atoms with Crippen molar-refractivity contribution in [2.75, 3.05) is 0 Å². The predicted octanol–water partition coefficient (Wildman–Crippen LogP) is 6.98. The van der Waals surface area contributed by atoms with E-state index in [9.17, 15) is 9.59 Å². The van der Waals surface area contributed by atoms with Crippen molar-refractivity contribution >= 4 is 96.5 Å². The normalized spacial score (nSPS) is 13.2. The molecule has 144 valence electrons. The van der Waals surface area contributed by atoms with Crippen molar-refractivity contribution in [3.8, 4) is 0 Å². The number of halogens is 2. The van der Waals surface area contributed by atoms with Crippen molar-refractivity contribution in [1.82, 2.24) is 4.57 Å². The summed E-state index contributed by atoms with van der Waals surface area (Å²) in [5.41, 5.74) is -0.394. The number of fused-ring (bicyclic) bond motifs is 3. The lowest BCUT2D eigenvalue weighted by Crippen LogP contribution is -2.27. The minimum atomic E-state index is -0.197. The molecule has 6 aromatic carbocycles. The van der Waals surface area contributed by atoms with Gasteiger partial charge in [0.15, 0.2) is 0 Å². The largest absolute Gasteiger partial charge is 0.272 e. The van der Waals surface area contributed by atoms with Crippen LogP contribution in [0.4, 0.5) is 0 Å². The minimum Gasteiger partial charge on any atom is -0.272 e. The van der Waals surface area contributed by atoms with Crippen molar-refractivity contribution in [3.63, 3.8) is 0 Å². The third kappa shape index (κ3) is 1.68. The lowest BCUT2D eigenvalue weighted by atomic mass is 9.95. The van der Waals surface area contributed by atoms with E-state index in [1.165, 1.54) is 26.1 Å². The van der Waals surface area contributed by atoms with Crippen molar-refractivity contribution in [3.05, 3.63) is 66.1 Å². The Labute approximate surface area is 186 Å². The fourth-order valence-corrected chi connectivity index (χ4v) is 6.71. The van der Waals surface area contributed by atoms with Crippen molar-refractivity contribution in [2.45, 2.75) is 19.9 Å². The van der Waals surface area contributed by atoms with Crippen LogP contribution in [-0.2, 0) is 0 Å². The summed E-state index contributed by atoms with van der Waals surface area (Å²) >= 11 is 7.48. The SMILES string of the molecule is CC(C)n1c(=O)c2c3cc(Br)c4ccc5ccc6c(Br)cc(c2c1=O)c1c6c5c4c31. The van der Waals surface area contributed by atoms with Crippen molar-refractivity contribution < 1.29 is 0 Å². The van der Waals surface area contributed by atoms with Gasteiger partial charge in [0.2, 0.25) is 0 Å². The second-order valence-corrected chi connectivity index (χ2v) is 10.2. The quantitative estimate of drug-likeness (QED) is 0.220. The van der Waals surface area contributed by atoms with Gasteiger partial charge < -0.3 is 0 Å². The van der Waals surface area contributed by atoms with E-state index in [1.807, 2.05) is 26.0 Å². The molecule has 0 bridgehead atoms. The molecule has 0 saturated heterocycles. The maximum Gasteiger partial charge on any atom is 0.262 e. The third-order valence-corrected chi connectivity index (χ3v) is 8.01. The molecule has 30 heavy (non-hydrogen) atoms. The zero-order valence-electron chi connectivity index (χ0n) is 16.1. The Bertz CT molecular complexity index is 1800. The molecule has 7 rings (SSSR count). The first-order chi connectivity index (χ1) is 14.4. The third-order valence-electron chi connectivity index (χ3n) is 6.70. The maximum atomic E-state index is 13.5. The predicted molar refractivity (Wildman–Crippen MR) is 133 cm³/mol. The molecule has 0 spiro atoms. The molecule has 0 saturated carbocycles. The lowest BCUT2D eigenvalue weighted by Gasteiger charge is -2.08. The number of hydrogen-bond donors (Lipinski definition) is 0. The molecule has 0 atom stereocenters. The first-order valence-electron chi connectivity index (χ1n) is 9.87. The molecule has 5 heteroatoms. The summed E-state index contributed by atoms with van der Waals surface area (Å²) < 4.78 is 3.29. The smallest absolute Gasteiger partial charge is 0.262 e. The number of nitrogens with zero attached hydrogens (tertiary/aromatic N) is 1. The lowest BCUT2D eigenvalue weighted by molar-refractivity contribution is 0.574. The molecule has 0 fully saturated rings. The average molecular weight is 519 g/mol. The molecule has 1 heterocycles.